The van der Waals surface area contributed by atoms with Gasteiger partial charge in [-0.25, -0.2) is 4.98 Å². The molecule has 2 aliphatic rings. The predicted octanol–water partition coefficient (Wildman–Crippen LogP) is 3.20. The number of rotatable bonds is 2. The Labute approximate surface area is 131 Å². The topological polar surface area (TPSA) is 33.2 Å². The zero-order valence-electron chi connectivity index (χ0n) is 12.7. The van der Waals surface area contributed by atoms with E-state index in [1.165, 1.54) is 17.5 Å². The van der Waals surface area contributed by atoms with Gasteiger partial charge in [0, 0.05) is 24.7 Å². The number of fused-ring (bicyclic) bond motifs is 1. The second kappa shape index (κ2) is 5.56. The van der Waals surface area contributed by atoms with Crippen molar-refractivity contribution in [3.63, 3.8) is 0 Å². The van der Waals surface area contributed by atoms with Crippen molar-refractivity contribution in [1.29, 1.82) is 0 Å². The summed E-state index contributed by atoms with van der Waals surface area (Å²) in [7, 11) is 0. The summed E-state index contributed by atoms with van der Waals surface area (Å²) in [5.41, 5.74) is 4.40. The van der Waals surface area contributed by atoms with Crippen molar-refractivity contribution in [1.82, 2.24) is 9.88 Å². The summed E-state index contributed by atoms with van der Waals surface area (Å²) in [6.07, 6.45) is 4.33. The van der Waals surface area contributed by atoms with E-state index < -0.39 is 0 Å². The van der Waals surface area contributed by atoms with Gasteiger partial charge in [-0.2, -0.15) is 0 Å². The number of nitrogens with zero attached hydrogens (tertiary/aromatic N) is 2. The highest BCUT2D eigenvalue weighted by Gasteiger charge is 2.29. The molecular weight excluding hydrogens is 272 g/mol. The van der Waals surface area contributed by atoms with Gasteiger partial charge in [0.15, 0.2) is 0 Å². The van der Waals surface area contributed by atoms with E-state index in [1.54, 1.807) is 0 Å². The third kappa shape index (κ3) is 2.41. The SMILES string of the molecule is O=C(c1ccc2c(n1)CCC2)N1CCC(c2ccccc2)C1. The maximum atomic E-state index is 12.7. The van der Waals surface area contributed by atoms with E-state index in [0.29, 0.717) is 11.6 Å². The van der Waals surface area contributed by atoms with Gasteiger partial charge in [-0.3, -0.25) is 4.79 Å². The number of carbonyl (C=O) groups is 1. The van der Waals surface area contributed by atoms with Gasteiger partial charge < -0.3 is 4.90 Å². The molecule has 1 aliphatic heterocycles. The van der Waals surface area contributed by atoms with Gasteiger partial charge in [-0.1, -0.05) is 36.4 Å². The number of aryl methyl sites for hydroxylation is 2. The molecule has 3 heteroatoms. The molecule has 0 bridgehead atoms. The Morgan fingerprint density at radius 1 is 1.09 bits per heavy atom. The van der Waals surface area contributed by atoms with Crippen LogP contribution in [0.5, 0.6) is 0 Å². The molecular formula is C19H20N2O. The smallest absolute Gasteiger partial charge is 0.272 e. The zero-order chi connectivity index (χ0) is 14.9. The largest absolute Gasteiger partial charge is 0.337 e. The summed E-state index contributed by atoms with van der Waals surface area (Å²) >= 11 is 0. The maximum absolute atomic E-state index is 12.7. The molecule has 1 fully saturated rings. The molecule has 4 rings (SSSR count). The normalized spacial score (nSPS) is 20.2. The van der Waals surface area contributed by atoms with Crippen LogP contribution in [0.4, 0.5) is 0 Å². The standard InChI is InChI=1S/C19H20N2O/c22-19(18-10-9-15-7-4-8-17(15)20-18)21-12-11-16(13-21)14-5-2-1-3-6-14/h1-3,5-6,9-10,16H,4,7-8,11-13H2. The third-order valence-corrected chi connectivity index (χ3v) is 4.89. The number of aromatic nitrogens is 1. The average Bonchev–Trinajstić information content (AvgIpc) is 3.23. The van der Waals surface area contributed by atoms with Crippen molar-refractivity contribution in [2.75, 3.05) is 13.1 Å². The first kappa shape index (κ1) is 13.5. The maximum Gasteiger partial charge on any atom is 0.272 e. The Kier molecular flexibility index (Phi) is 3.41. The van der Waals surface area contributed by atoms with Crippen molar-refractivity contribution in [3.8, 4) is 0 Å². The van der Waals surface area contributed by atoms with E-state index in [0.717, 1.165) is 38.0 Å². The quantitative estimate of drug-likeness (QED) is 0.851. The fourth-order valence-corrected chi connectivity index (χ4v) is 3.64. The molecule has 1 amide bonds. The number of pyridine rings is 1. The van der Waals surface area contributed by atoms with Gasteiger partial charge in [-0.05, 0) is 42.9 Å². The first-order chi connectivity index (χ1) is 10.8. The first-order valence-corrected chi connectivity index (χ1v) is 8.14. The molecule has 0 radical (unpaired) electrons. The number of hydrogen-bond acceptors (Lipinski definition) is 2. The summed E-state index contributed by atoms with van der Waals surface area (Å²) in [4.78, 5) is 19.3. The molecule has 1 aromatic carbocycles. The van der Waals surface area contributed by atoms with Crippen LogP contribution in [0.15, 0.2) is 42.5 Å². The molecule has 112 valence electrons. The molecule has 2 heterocycles. The van der Waals surface area contributed by atoms with Crippen LogP contribution in [0.2, 0.25) is 0 Å². The van der Waals surface area contributed by atoms with Crippen LogP contribution in [0.25, 0.3) is 0 Å². The fourth-order valence-electron chi connectivity index (χ4n) is 3.64. The third-order valence-electron chi connectivity index (χ3n) is 4.89. The van der Waals surface area contributed by atoms with Gasteiger partial charge in [0.25, 0.3) is 5.91 Å². The number of hydrogen-bond donors (Lipinski definition) is 0. The Balaban J connectivity index is 1.50. The summed E-state index contributed by atoms with van der Waals surface area (Å²) < 4.78 is 0. The lowest BCUT2D eigenvalue weighted by molar-refractivity contribution is 0.0784. The number of carbonyl (C=O) groups excluding carboxylic acids is 1. The molecule has 0 saturated carbocycles. The first-order valence-electron chi connectivity index (χ1n) is 8.14. The Bertz CT molecular complexity index is 696. The van der Waals surface area contributed by atoms with Crippen molar-refractivity contribution >= 4 is 5.91 Å². The summed E-state index contributed by atoms with van der Waals surface area (Å²) in [5.74, 6) is 0.549. The minimum absolute atomic E-state index is 0.0909. The molecule has 0 N–H and O–H groups in total. The second-order valence-corrected chi connectivity index (χ2v) is 6.30. The minimum Gasteiger partial charge on any atom is -0.337 e. The van der Waals surface area contributed by atoms with E-state index in [-0.39, 0.29) is 5.91 Å². The van der Waals surface area contributed by atoms with Crippen LogP contribution in [0.1, 0.15) is 46.1 Å². The fraction of sp³-hybridized carbons (Fsp3) is 0.368. The van der Waals surface area contributed by atoms with Crippen LogP contribution in [-0.4, -0.2) is 28.9 Å². The molecule has 2 aromatic rings. The van der Waals surface area contributed by atoms with E-state index in [4.69, 9.17) is 0 Å². The summed E-state index contributed by atoms with van der Waals surface area (Å²) in [6, 6.07) is 14.5. The van der Waals surface area contributed by atoms with E-state index in [1.807, 2.05) is 17.0 Å². The highest BCUT2D eigenvalue weighted by atomic mass is 16.2. The molecule has 1 atom stereocenters. The highest BCUT2D eigenvalue weighted by molar-refractivity contribution is 5.92. The number of benzene rings is 1. The molecule has 3 nitrogen and oxygen atoms in total. The van der Waals surface area contributed by atoms with Crippen LogP contribution in [0.3, 0.4) is 0 Å². The molecule has 22 heavy (non-hydrogen) atoms. The zero-order valence-corrected chi connectivity index (χ0v) is 12.7. The van der Waals surface area contributed by atoms with E-state index in [2.05, 4.69) is 35.3 Å². The highest BCUT2D eigenvalue weighted by Crippen LogP contribution is 2.28. The summed E-state index contributed by atoms with van der Waals surface area (Å²) in [6.45, 7) is 1.64. The summed E-state index contributed by atoms with van der Waals surface area (Å²) in [5, 5.41) is 0. The van der Waals surface area contributed by atoms with Gasteiger partial charge in [0.05, 0.1) is 0 Å². The lowest BCUT2D eigenvalue weighted by Crippen LogP contribution is -2.29. The van der Waals surface area contributed by atoms with Gasteiger partial charge in [-0.15, -0.1) is 0 Å². The van der Waals surface area contributed by atoms with E-state index in [9.17, 15) is 4.79 Å². The van der Waals surface area contributed by atoms with Gasteiger partial charge in [0.1, 0.15) is 5.69 Å². The van der Waals surface area contributed by atoms with Crippen molar-refractivity contribution in [2.45, 2.75) is 31.6 Å². The van der Waals surface area contributed by atoms with Crippen molar-refractivity contribution in [3.05, 3.63) is 65.0 Å². The second-order valence-electron chi connectivity index (χ2n) is 6.30. The average molecular weight is 292 g/mol. The van der Waals surface area contributed by atoms with Crippen molar-refractivity contribution < 1.29 is 4.79 Å². The molecule has 1 aromatic heterocycles. The predicted molar refractivity (Wildman–Crippen MR) is 86.0 cm³/mol. The van der Waals surface area contributed by atoms with Crippen molar-refractivity contribution in [2.24, 2.45) is 0 Å². The molecule has 1 unspecified atom stereocenters. The van der Waals surface area contributed by atoms with Crippen LogP contribution < -0.4 is 0 Å². The van der Waals surface area contributed by atoms with E-state index >= 15 is 0 Å². The molecule has 1 aliphatic carbocycles. The number of likely N-dealkylation sites (tertiary alicyclic amines) is 1. The molecule has 0 spiro atoms. The Hall–Kier alpha value is -2.16. The lowest BCUT2D eigenvalue weighted by atomic mass is 9.99. The lowest BCUT2D eigenvalue weighted by Gasteiger charge is -2.16. The van der Waals surface area contributed by atoms with Crippen LogP contribution in [0, 0.1) is 0 Å². The number of amides is 1. The van der Waals surface area contributed by atoms with Crippen LogP contribution in [-0.2, 0) is 12.8 Å². The van der Waals surface area contributed by atoms with Gasteiger partial charge in [0.2, 0.25) is 0 Å². The monoisotopic (exact) mass is 292 g/mol. The molecule has 1 saturated heterocycles. The van der Waals surface area contributed by atoms with Crippen LogP contribution >= 0.6 is 0 Å². The Morgan fingerprint density at radius 2 is 1.95 bits per heavy atom. The van der Waals surface area contributed by atoms with Gasteiger partial charge >= 0.3 is 0 Å². The Morgan fingerprint density at radius 3 is 2.82 bits per heavy atom. The minimum atomic E-state index is 0.0909.